The maximum Gasteiger partial charge on any atom is 0.294 e. The molecule has 0 unspecified atom stereocenters. The Morgan fingerprint density at radius 3 is 1.89 bits per heavy atom. The summed E-state index contributed by atoms with van der Waals surface area (Å²) in [4.78, 5) is -1.56. The standard InChI is InChI=1S/C14H16N2O9S3/c1-26(17,18)16-11-4-2-3-10(5-11)15-9-25-12-6-13(27(19,20)21)8-14(7-12)28(22,23)24/h2-8,15-16H,9H2,1H3,(H,19,20,21)(H,22,23,24). The van der Waals surface area contributed by atoms with Gasteiger partial charge in [0.2, 0.25) is 10.0 Å². The first-order valence-electron chi connectivity index (χ1n) is 7.29. The summed E-state index contributed by atoms with van der Waals surface area (Å²) in [6.07, 6.45) is 0.991. The summed E-state index contributed by atoms with van der Waals surface area (Å²) in [5.74, 6) is -0.263. The summed E-state index contributed by atoms with van der Waals surface area (Å²) < 4.78 is 93.2. The molecule has 0 saturated carbocycles. The molecule has 0 aromatic heterocycles. The molecule has 0 heterocycles. The van der Waals surface area contributed by atoms with Crippen LogP contribution in [0.15, 0.2) is 52.3 Å². The molecule has 0 radical (unpaired) electrons. The van der Waals surface area contributed by atoms with Gasteiger partial charge in [-0.2, -0.15) is 16.8 Å². The molecule has 154 valence electrons. The zero-order valence-corrected chi connectivity index (χ0v) is 16.7. The van der Waals surface area contributed by atoms with E-state index in [4.69, 9.17) is 13.8 Å². The quantitative estimate of drug-likeness (QED) is 0.334. The average Bonchev–Trinajstić information content (AvgIpc) is 2.51. The molecular formula is C14H16N2O9S3. The van der Waals surface area contributed by atoms with Gasteiger partial charge in [-0.3, -0.25) is 13.8 Å². The van der Waals surface area contributed by atoms with Gasteiger partial charge in [0.15, 0.2) is 6.73 Å². The van der Waals surface area contributed by atoms with E-state index in [9.17, 15) is 25.3 Å². The lowest BCUT2D eigenvalue weighted by atomic mass is 10.3. The van der Waals surface area contributed by atoms with Crippen LogP contribution in [0, 0.1) is 0 Å². The molecule has 0 bridgehead atoms. The minimum atomic E-state index is -4.75. The molecule has 28 heavy (non-hydrogen) atoms. The Morgan fingerprint density at radius 2 is 1.39 bits per heavy atom. The number of rotatable bonds is 8. The van der Waals surface area contributed by atoms with Gasteiger partial charge in [0.05, 0.1) is 21.7 Å². The third-order valence-corrected chi connectivity index (χ3v) is 5.40. The minimum absolute atomic E-state index is 0.263. The first-order valence-corrected chi connectivity index (χ1v) is 12.1. The van der Waals surface area contributed by atoms with Crippen LogP contribution in [0.5, 0.6) is 5.75 Å². The largest absolute Gasteiger partial charge is 0.473 e. The Labute approximate surface area is 161 Å². The zero-order valence-electron chi connectivity index (χ0n) is 14.2. The van der Waals surface area contributed by atoms with Gasteiger partial charge in [0, 0.05) is 17.8 Å². The van der Waals surface area contributed by atoms with Crippen LogP contribution in [0.2, 0.25) is 0 Å². The molecule has 0 fully saturated rings. The second kappa shape index (κ2) is 7.92. The molecule has 0 amide bonds. The molecule has 2 aromatic rings. The van der Waals surface area contributed by atoms with Gasteiger partial charge in [0.25, 0.3) is 20.2 Å². The van der Waals surface area contributed by atoms with Gasteiger partial charge in [-0.1, -0.05) is 6.07 Å². The molecule has 14 heteroatoms. The molecular weight excluding hydrogens is 436 g/mol. The fraction of sp³-hybridized carbons (Fsp3) is 0.143. The van der Waals surface area contributed by atoms with Crippen LogP contribution in [0.1, 0.15) is 0 Å². The van der Waals surface area contributed by atoms with Crippen molar-refractivity contribution in [3.8, 4) is 5.75 Å². The zero-order chi connectivity index (χ0) is 21.2. The van der Waals surface area contributed by atoms with Crippen molar-refractivity contribution in [3.63, 3.8) is 0 Å². The second-order valence-electron chi connectivity index (χ2n) is 5.51. The van der Waals surface area contributed by atoms with Crippen LogP contribution < -0.4 is 14.8 Å². The van der Waals surface area contributed by atoms with Crippen molar-refractivity contribution in [2.75, 3.05) is 23.0 Å². The van der Waals surface area contributed by atoms with E-state index in [1.54, 1.807) is 12.1 Å². The van der Waals surface area contributed by atoms with E-state index < -0.39 is 40.1 Å². The van der Waals surface area contributed by atoms with Crippen LogP contribution in [0.4, 0.5) is 11.4 Å². The lowest BCUT2D eigenvalue weighted by Gasteiger charge is -2.12. The van der Waals surface area contributed by atoms with Crippen molar-refractivity contribution in [2.45, 2.75) is 9.79 Å². The van der Waals surface area contributed by atoms with Gasteiger partial charge < -0.3 is 10.1 Å². The Kier molecular flexibility index (Phi) is 6.20. The first kappa shape index (κ1) is 21.9. The summed E-state index contributed by atoms with van der Waals surface area (Å²) in [6.45, 7) is -0.276. The van der Waals surface area contributed by atoms with Gasteiger partial charge >= 0.3 is 0 Å². The van der Waals surface area contributed by atoms with Crippen molar-refractivity contribution >= 4 is 41.6 Å². The summed E-state index contributed by atoms with van der Waals surface area (Å²) in [6, 6.07) is 8.44. The monoisotopic (exact) mass is 452 g/mol. The maximum atomic E-state index is 11.3. The maximum absolute atomic E-state index is 11.3. The fourth-order valence-corrected chi connectivity index (χ4v) is 3.75. The third kappa shape index (κ3) is 6.65. The number of sulfonamides is 1. The molecule has 0 spiro atoms. The van der Waals surface area contributed by atoms with E-state index in [1.165, 1.54) is 12.1 Å². The van der Waals surface area contributed by atoms with Gasteiger partial charge in [0.1, 0.15) is 5.75 Å². The summed E-state index contributed by atoms with van der Waals surface area (Å²) in [5.41, 5.74) is 0.726. The van der Waals surface area contributed by atoms with Crippen LogP contribution in [0.3, 0.4) is 0 Å². The van der Waals surface area contributed by atoms with E-state index in [0.717, 1.165) is 18.4 Å². The molecule has 2 rings (SSSR count). The lowest BCUT2D eigenvalue weighted by Crippen LogP contribution is -2.12. The first-order chi connectivity index (χ1) is 12.7. The normalized spacial score (nSPS) is 12.4. The van der Waals surface area contributed by atoms with Gasteiger partial charge in [-0.25, -0.2) is 8.42 Å². The van der Waals surface area contributed by atoms with Gasteiger partial charge in [-0.05, 0) is 24.3 Å². The number of hydrogen-bond donors (Lipinski definition) is 4. The van der Waals surface area contributed by atoms with Crippen LogP contribution in [-0.4, -0.2) is 47.3 Å². The summed E-state index contributed by atoms with van der Waals surface area (Å²) in [5, 5.41) is 2.75. The van der Waals surface area contributed by atoms with E-state index in [0.29, 0.717) is 11.8 Å². The minimum Gasteiger partial charge on any atom is -0.473 e. The summed E-state index contributed by atoms with van der Waals surface area (Å²) >= 11 is 0. The fourth-order valence-electron chi connectivity index (χ4n) is 2.04. The molecule has 0 aliphatic carbocycles. The van der Waals surface area contributed by atoms with E-state index in [2.05, 4.69) is 10.0 Å². The SMILES string of the molecule is CS(=O)(=O)Nc1cccc(NCOc2cc(S(=O)(=O)O)cc(S(=O)(=O)O)c2)c1. The van der Waals surface area contributed by atoms with E-state index in [-0.39, 0.29) is 18.2 Å². The van der Waals surface area contributed by atoms with E-state index in [1.807, 2.05) is 0 Å². The Hall–Kier alpha value is -2.39. The van der Waals surface area contributed by atoms with Crippen molar-refractivity contribution in [1.29, 1.82) is 0 Å². The van der Waals surface area contributed by atoms with Crippen molar-refractivity contribution in [2.24, 2.45) is 0 Å². The number of hydrogen-bond acceptors (Lipinski definition) is 8. The average molecular weight is 452 g/mol. The Morgan fingerprint density at radius 1 is 0.857 bits per heavy atom. The number of benzene rings is 2. The molecule has 2 aromatic carbocycles. The van der Waals surface area contributed by atoms with Crippen molar-refractivity contribution < 1.29 is 39.1 Å². The van der Waals surface area contributed by atoms with Crippen molar-refractivity contribution in [1.82, 2.24) is 0 Å². The van der Waals surface area contributed by atoms with Gasteiger partial charge in [-0.15, -0.1) is 0 Å². The number of ether oxygens (including phenoxy) is 1. The molecule has 0 aliphatic rings. The highest BCUT2D eigenvalue weighted by Gasteiger charge is 2.18. The number of anilines is 2. The smallest absolute Gasteiger partial charge is 0.294 e. The predicted molar refractivity (Wildman–Crippen MR) is 100 cm³/mol. The van der Waals surface area contributed by atoms with Crippen LogP contribution >= 0.6 is 0 Å². The topological polar surface area (TPSA) is 176 Å². The Balaban J connectivity index is 2.18. The summed E-state index contributed by atoms with van der Waals surface area (Å²) in [7, 11) is -13.0. The highest BCUT2D eigenvalue weighted by Crippen LogP contribution is 2.24. The van der Waals surface area contributed by atoms with Crippen molar-refractivity contribution in [3.05, 3.63) is 42.5 Å². The molecule has 0 saturated heterocycles. The Bertz CT molecular complexity index is 1140. The van der Waals surface area contributed by atoms with Crippen LogP contribution in [-0.2, 0) is 30.3 Å². The lowest BCUT2D eigenvalue weighted by molar-refractivity contribution is 0.344. The second-order valence-corrected chi connectivity index (χ2v) is 10.1. The molecule has 0 aliphatic heterocycles. The predicted octanol–water partition coefficient (Wildman–Crippen LogP) is 1.000. The molecule has 0 atom stereocenters. The highest BCUT2D eigenvalue weighted by molar-refractivity contribution is 7.92. The highest BCUT2D eigenvalue weighted by atomic mass is 32.2. The molecule has 11 nitrogen and oxygen atoms in total. The molecule has 4 N–H and O–H groups in total. The van der Waals surface area contributed by atoms with Crippen LogP contribution in [0.25, 0.3) is 0 Å². The number of nitrogens with one attached hydrogen (secondary N) is 2. The third-order valence-electron chi connectivity index (χ3n) is 3.13. The van der Waals surface area contributed by atoms with E-state index >= 15 is 0 Å².